The van der Waals surface area contributed by atoms with Crippen LogP contribution < -0.4 is 10.6 Å². The molecule has 1 aliphatic rings. The lowest BCUT2D eigenvalue weighted by Gasteiger charge is -2.35. The Hall–Kier alpha value is -0.770. The van der Waals surface area contributed by atoms with Crippen molar-refractivity contribution in [3.63, 3.8) is 0 Å². The van der Waals surface area contributed by atoms with Crippen molar-refractivity contribution in [3.05, 3.63) is 28.8 Å². The summed E-state index contributed by atoms with van der Waals surface area (Å²) < 4.78 is 0. The van der Waals surface area contributed by atoms with Crippen LogP contribution in [-0.2, 0) is 6.42 Å². The number of rotatable bonds is 5. The summed E-state index contributed by atoms with van der Waals surface area (Å²) in [5.74, 6) is 0.825. The number of nitrogens with two attached hydrogens (primary N) is 1. The maximum absolute atomic E-state index is 6.11. The third-order valence-corrected chi connectivity index (χ3v) is 4.27. The molecule has 0 saturated carbocycles. The Bertz CT molecular complexity index is 426. The fourth-order valence-corrected chi connectivity index (χ4v) is 3.29. The van der Waals surface area contributed by atoms with E-state index in [4.69, 9.17) is 17.3 Å². The summed E-state index contributed by atoms with van der Waals surface area (Å²) in [6.07, 6.45) is 3.43. The molecule has 20 heavy (non-hydrogen) atoms. The quantitative estimate of drug-likeness (QED) is 0.906. The average molecular weight is 296 g/mol. The van der Waals surface area contributed by atoms with Crippen molar-refractivity contribution in [3.8, 4) is 0 Å². The van der Waals surface area contributed by atoms with Crippen LogP contribution >= 0.6 is 11.6 Å². The Morgan fingerprint density at radius 3 is 2.60 bits per heavy atom. The minimum absolute atomic E-state index is 0.671. The van der Waals surface area contributed by atoms with Gasteiger partial charge in [-0.05, 0) is 69.6 Å². The first-order chi connectivity index (χ1) is 9.60. The first-order valence-electron chi connectivity index (χ1n) is 7.48. The van der Waals surface area contributed by atoms with Crippen molar-refractivity contribution in [2.75, 3.05) is 45.2 Å². The molecular formula is C16H26ClN3. The molecule has 0 aliphatic carbocycles. The molecular weight excluding hydrogens is 270 g/mol. The Balaban J connectivity index is 2.03. The molecule has 2 N–H and O–H groups in total. The first-order valence-corrected chi connectivity index (χ1v) is 7.86. The number of piperidine rings is 1. The molecule has 112 valence electrons. The van der Waals surface area contributed by atoms with Gasteiger partial charge in [-0.3, -0.25) is 0 Å². The molecule has 1 fully saturated rings. The fourth-order valence-electron chi connectivity index (χ4n) is 3.09. The molecule has 0 spiro atoms. The molecule has 2 rings (SSSR count). The zero-order valence-corrected chi connectivity index (χ0v) is 13.4. The first kappa shape index (κ1) is 15.6. The van der Waals surface area contributed by atoms with Crippen molar-refractivity contribution < 1.29 is 0 Å². The van der Waals surface area contributed by atoms with Gasteiger partial charge in [-0.2, -0.15) is 0 Å². The van der Waals surface area contributed by atoms with Crippen molar-refractivity contribution in [2.24, 2.45) is 11.7 Å². The monoisotopic (exact) mass is 295 g/mol. The number of hydrogen-bond acceptors (Lipinski definition) is 3. The SMILES string of the molecule is CN(C)CC1CCN(c2ccc(Cl)cc2CCN)CC1. The highest BCUT2D eigenvalue weighted by atomic mass is 35.5. The highest BCUT2D eigenvalue weighted by molar-refractivity contribution is 6.30. The Labute approximate surface area is 127 Å². The lowest BCUT2D eigenvalue weighted by atomic mass is 9.95. The third kappa shape index (κ3) is 4.11. The minimum atomic E-state index is 0.671. The van der Waals surface area contributed by atoms with Gasteiger partial charge in [0.25, 0.3) is 0 Å². The molecule has 0 amide bonds. The van der Waals surface area contributed by atoms with Gasteiger partial charge in [0.2, 0.25) is 0 Å². The predicted molar refractivity (Wildman–Crippen MR) is 87.7 cm³/mol. The molecule has 1 aromatic rings. The van der Waals surface area contributed by atoms with Crippen LogP contribution in [0.2, 0.25) is 5.02 Å². The molecule has 1 aromatic carbocycles. The number of halogens is 1. The van der Waals surface area contributed by atoms with E-state index in [1.165, 1.54) is 30.6 Å². The highest BCUT2D eigenvalue weighted by Crippen LogP contribution is 2.29. The zero-order chi connectivity index (χ0) is 14.5. The highest BCUT2D eigenvalue weighted by Gasteiger charge is 2.21. The van der Waals surface area contributed by atoms with E-state index in [-0.39, 0.29) is 0 Å². The third-order valence-electron chi connectivity index (χ3n) is 4.03. The van der Waals surface area contributed by atoms with Gasteiger partial charge in [-0.25, -0.2) is 0 Å². The summed E-state index contributed by atoms with van der Waals surface area (Å²) in [7, 11) is 4.32. The summed E-state index contributed by atoms with van der Waals surface area (Å²) in [5.41, 5.74) is 8.32. The average Bonchev–Trinajstić information content (AvgIpc) is 2.40. The topological polar surface area (TPSA) is 32.5 Å². The molecule has 1 aliphatic heterocycles. The maximum Gasteiger partial charge on any atom is 0.0410 e. The van der Waals surface area contributed by atoms with Crippen LogP contribution in [0.15, 0.2) is 18.2 Å². The predicted octanol–water partition coefficient (Wildman–Crippen LogP) is 2.62. The fraction of sp³-hybridized carbons (Fsp3) is 0.625. The molecule has 0 atom stereocenters. The number of hydrogen-bond donors (Lipinski definition) is 1. The van der Waals surface area contributed by atoms with Crippen LogP contribution in [0.25, 0.3) is 0 Å². The van der Waals surface area contributed by atoms with Gasteiger partial charge in [-0.15, -0.1) is 0 Å². The number of nitrogens with zero attached hydrogens (tertiary/aromatic N) is 2. The molecule has 3 nitrogen and oxygen atoms in total. The molecule has 1 heterocycles. The van der Waals surface area contributed by atoms with E-state index in [1.807, 2.05) is 6.07 Å². The van der Waals surface area contributed by atoms with Gasteiger partial charge >= 0.3 is 0 Å². The van der Waals surface area contributed by atoms with Crippen LogP contribution in [0.3, 0.4) is 0 Å². The number of benzene rings is 1. The van der Waals surface area contributed by atoms with Gasteiger partial charge in [-0.1, -0.05) is 11.6 Å². The Kier molecular flexibility index (Phi) is 5.70. The lowest BCUT2D eigenvalue weighted by Crippen LogP contribution is -2.37. The summed E-state index contributed by atoms with van der Waals surface area (Å²) in [4.78, 5) is 4.79. The molecule has 0 aromatic heterocycles. The van der Waals surface area contributed by atoms with Crippen molar-refractivity contribution in [1.29, 1.82) is 0 Å². The normalized spacial score (nSPS) is 16.9. The molecule has 0 bridgehead atoms. The Morgan fingerprint density at radius 1 is 1.30 bits per heavy atom. The second-order valence-electron chi connectivity index (χ2n) is 6.00. The Morgan fingerprint density at radius 2 is 2.00 bits per heavy atom. The summed E-state index contributed by atoms with van der Waals surface area (Å²) in [6, 6.07) is 6.21. The van der Waals surface area contributed by atoms with Crippen molar-refractivity contribution >= 4 is 17.3 Å². The summed E-state index contributed by atoms with van der Waals surface area (Å²) in [5, 5.41) is 0.805. The van der Waals surface area contributed by atoms with E-state index < -0.39 is 0 Å². The van der Waals surface area contributed by atoms with E-state index in [9.17, 15) is 0 Å². The summed E-state index contributed by atoms with van der Waals surface area (Å²) in [6.45, 7) is 4.14. The van der Waals surface area contributed by atoms with Crippen molar-refractivity contribution in [2.45, 2.75) is 19.3 Å². The molecule has 4 heteroatoms. The van der Waals surface area contributed by atoms with E-state index >= 15 is 0 Å². The zero-order valence-electron chi connectivity index (χ0n) is 12.6. The lowest BCUT2D eigenvalue weighted by molar-refractivity contribution is 0.285. The van der Waals surface area contributed by atoms with Gasteiger partial charge in [0.15, 0.2) is 0 Å². The standard InChI is InChI=1S/C16H26ClN3/c1-19(2)12-13-6-9-20(10-7-13)16-4-3-15(17)11-14(16)5-8-18/h3-4,11,13H,5-10,12,18H2,1-2H3. The van der Waals surface area contributed by atoms with Crippen LogP contribution in [0.4, 0.5) is 5.69 Å². The van der Waals surface area contributed by atoms with Gasteiger partial charge in [0.05, 0.1) is 0 Å². The maximum atomic E-state index is 6.11. The smallest absolute Gasteiger partial charge is 0.0410 e. The van der Waals surface area contributed by atoms with Crippen molar-refractivity contribution in [1.82, 2.24) is 4.90 Å². The second kappa shape index (κ2) is 7.30. The number of anilines is 1. The van der Waals surface area contributed by atoms with Gasteiger partial charge < -0.3 is 15.5 Å². The van der Waals surface area contributed by atoms with E-state index in [2.05, 4.69) is 36.0 Å². The molecule has 0 unspecified atom stereocenters. The summed E-state index contributed by atoms with van der Waals surface area (Å²) >= 11 is 6.11. The van der Waals surface area contributed by atoms with E-state index in [0.29, 0.717) is 6.54 Å². The second-order valence-corrected chi connectivity index (χ2v) is 6.44. The largest absolute Gasteiger partial charge is 0.371 e. The van der Waals surface area contributed by atoms with Crippen LogP contribution in [0.1, 0.15) is 18.4 Å². The van der Waals surface area contributed by atoms with Crippen LogP contribution in [0, 0.1) is 5.92 Å². The molecule has 1 saturated heterocycles. The van der Waals surface area contributed by atoms with Crippen LogP contribution in [-0.4, -0.2) is 45.2 Å². The minimum Gasteiger partial charge on any atom is -0.371 e. The molecule has 0 radical (unpaired) electrons. The van der Waals surface area contributed by atoms with E-state index in [0.717, 1.165) is 30.5 Å². The van der Waals surface area contributed by atoms with Crippen LogP contribution in [0.5, 0.6) is 0 Å². The van der Waals surface area contributed by atoms with E-state index in [1.54, 1.807) is 0 Å². The van der Waals surface area contributed by atoms with Gasteiger partial charge in [0.1, 0.15) is 0 Å². The van der Waals surface area contributed by atoms with Gasteiger partial charge in [0, 0.05) is 30.3 Å².